The normalized spacial score (nSPS) is 19.1. The van der Waals surface area contributed by atoms with E-state index in [1.807, 2.05) is 0 Å². The highest BCUT2D eigenvalue weighted by Crippen LogP contribution is 2.35. The van der Waals surface area contributed by atoms with Crippen molar-refractivity contribution in [3.8, 4) is 0 Å². The van der Waals surface area contributed by atoms with Gasteiger partial charge in [-0.1, -0.05) is 32.4 Å². The van der Waals surface area contributed by atoms with Crippen molar-refractivity contribution in [2.24, 2.45) is 11.3 Å². The Morgan fingerprint density at radius 2 is 2.10 bits per heavy atom. The van der Waals surface area contributed by atoms with Crippen molar-refractivity contribution in [1.29, 1.82) is 0 Å². The van der Waals surface area contributed by atoms with Crippen molar-refractivity contribution in [2.45, 2.75) is 33.7 Å². The number of nitro groups is 1. The molecule has 1 heterocycles. The highest BCUT2D eigenvalue weighted by molar-refractivity contribution is 6.31. The Bertz CT molecular complexity index is 581. The van der Waals surface area contributed by atoms with E-state index in [0.29, 0.717) is 36.0 Å². The first-order valence-corrected chi connectivity index (χ1v) is 7.27. The van der Waals surface area contributed by atoms with Crippen LogP contribution >= 0.6 is 11.6 Å². The number of halogens is 1. The zero-order chi connectivity index (χ0) is 15.8. The van der Waals surface area contributed by atoms with Gasteiger partial charge in [-0.05, 0) is 23.0 Å². The first-order valence-electron chi connectivity index (χ1n) is 6.89. The molecule has 1 aliphatic rings. The molecule has 1 unspecified atom stereocenters. The third-order valence-electron chi connectivity index (χ3n) is 4.04. The summed E-state index contributed by atoms with van der Waals surface area (Å²) in [4.78, 5) is 24.2. The summed E-state index contributed by atoms with van der Waals surface area (Å²) in [5.41, 5.74) is 0.680. The van der Waals surface area contributed by atoms with Gasteiger partial charge in [-0.3, -0.25) is 14.9 Å². The van der Waals surface area contributed by atoms with Crippen LogP contribution in [0.1, 0.15) is 32.8 Å². The van der Waals surface area contributed by atoms with Gasteiger partial charge in [-0.15, -0.1) is 0 Å². The van der Waals surface area contributed by atoms with E-state index in [9.17, 15) is 14.9 Å². The van der Waals surface area contributed by atoms with Gasteiger partial charge in [-0.25, -0.2) is 0 Å². The van der Waals surface area contributed by atoms with E-state index in [1.54, 1.807) is 4.90 Å². The number of carbonyl (C=O) groups is 1. The molecule has 0 bridgehead atoms. The average Bonchev–Trinajstić information content (AvgIpc) is 2.73. The Labute approximate surface area is 129 Å². The Morgan fingerprint density at radius 3 is 2.62 bits per heavy atom. The van der Waals surface area contributed by atoms with E-state index < -0.39 is 4.92 Å². The standard InChI is InChI=1S/C15H19ClN2O3/c1-15(2,3)11-7-14(19)17(9-11)8-10-6-12(18(20)21)4-5-13(10)16/h4-6,11H,7-9H2,1-3H3. The van der Waals surface area contributed by atoms with Crippen molar-refractivity contribution in [2.75, 3.05) is 6.54 Å². The van der Waals surface area contributed by atoms with Crippen LogP contribution in [0.4, 0.5) is 5.69 Å². The van der Waals surface area contributed by atoms with Gasteiger partial charge in [-0.2, -0.15) is 0 Å². The minimum absolute atomic E-state index is 0.00610. The zero-order valence-corrected chi connectivity index (χ0v) is 13.2. The molecule has 5 nitrogen and oxygen atoms in total. The molecule has 0 spiro atoms. The Hall–Kier alpha value is -1.62. The molecular weight excluding hydrogens is 292 g/mol. The van der Waals surface area contributed by atoms with Crippen LogP contribution in [0.3, 0.4) is 0 Å². The van der Waals surface area contributed by atoms with E-state index in [0.717, 1.165) is 0 Å². The Kier molecular flexibility index (Phi) is 4.23. The van der Waals surface area contributed by atoms with Crippen LogP contribution in [-0.4, -0.2) is 22.3 Å². The lowest BCUT2D eigenvalue weighted by atomic mass is 9.80. The molecule has 1 aromatic carbocycles. The van der Waals surface area contributed by atoms with Crippen molar-refractivity contribution >= 4 is 23.2 Å². The third-order valence-corrected chi connectivity index (χ3v) is 4.41. The monoisotopic (exact) mass is 310 g/mol. The fraction of sp³-hybridized carbons (Fsp3) is 0.533. The minimum Gasteiger partial charge on any atom is -0.338 e. The van der Waals surface area contributed by atoms with Crippen LogP contribution < -0.4 is 0 Å². The summed E-state index contributed by atoms with van der Waals surface area (Å²) in [6.45, 7) is 7.35. The van der Waals surface area contributed by atoms with E-state index in [4.69, 9.17) is 11.6 Å². The van der Waals surface area contributed by atoms with Gasteiger partial charge in [0.05, 0.1) is 4.92 Å². The molecule has 114 valence electrons. The highest BCUT2D eigenvalue weighted by Gasteiger charge is 2.36. The summed E-state index contributed by atoms with van der Waals surface area (Å²) >= 11 is 6.09. The SMILES string of the molecule is CC(C)(C)C1CC(=O)N(Cc2cc([N+](=O)[O-])ccc2Cl)C1. The van der Waals surface area contributed by atoms with Gasteiger partial charge >= 0.3 is 0 Å². The number of likely N-dealkylation sites (tertiary alicyclic amines) is 1. The molecule has 0 radical (unpaired) electrons. The summed E-state index contributed by atoms with van der Waals surface area (Å²) in [5, 5.41) is 11.3. The zero-order valence-electron chi connectivity index (χ0n) is 12.4. The fourth-order valence-corrected chi connectivity index (χ4v) is 2.68. The predicted octanol–water partition coefficient (Wildman–Crippen LogP) is 3.64. The van der Waals surface area contributed by atoms with Crippen LogP contribution in [0.25, 0.3) is 0 Å². The molecule has 1 saturated heterocycles. The molecule has 1 aliphatic heterocycles. The van der Waals surface area contributed by atoms with E-state index in [1.165, 1.54) is 18.2 Å². The lowest BCUT2D eigenvalue weighted by Crippen LogP contribution is -2.27. The van der Waals surface area contributed by atoms with Crippen LogP contribution in [0.5, 0.6) is 0 Å². The van der Waals surface area contributed by atoms with Gasteiger partial charge in [0.1, 0.15) is 0 Å². The molecule has 21 heavy (non-hydrogen) atoms. The second-order valence-corrected chi connectivity index (χ2v) is 6.98. The van der Waals surface area contributed by atoms with Crippen LogP contribution in [0, 0.1) is 21.4 Å². The number of benzene rings is 1. The second-order valence-electron chi connectivity index (χ2n) is 6.57. The lowest BCUT2D eigenvalue weighted by Gasteiger charge is -2.26. The Balaban J connectivity index is 2.17. The topological polar surface area (TPSA) is 63.5 Å². The van der Waals surface area contributed by atoms with Gasteiger partial charge in [0.2, 0.25) is 5.91 Å². The number of amides is 1. The van der Waals surface area contributed by atoms with Gasteiger partial charge in [0, 0.05) is 36.7 Å². The molecular formula is C15H19ClN2O3. The fourth-order valence-electron chi connectivity index (χ4n) is 2.51. The van der Waals surface area contributed by atoms with Crippen LogP contribution in [-0.2, 0) is 11.3 Å². The van der Waals surface area contributed by atoms with Gasteiger partial charge in [0.25, 0.3) is 5.69 Å². The first-order chi connectivity index (χ1) is 9.68. The van der Waals surface area contributed by atoms with E-state index in [-0.39, 0.29) is 17.0 Å². The maximum Gasteiger partial charge on any atom is 0.269 e. The third kappa shape index (κ3) is 3.53. The quantitative estimate of drug-likeness (QED) is 0.632. The number of hydrogen-bond acceptors (Lipinski definition) is 3. The largest absolute Gasteiger partial charge is 0.338 e. The number of rotatable bonds is 3. The molecule has 1 aromatic rings. The maximum absolute atomic E-state index is 12.1. The van der Waals surface area contributed by atoms with E-state index >= 15 is 0 Å². The maximum atomic E-state index is 12.1. The molecule has 1 atom stereocenters. The molecule has 0 N–H and O–H groups in total. The molecule has 1 amide bonds. The van der Waals surface area contributed by atoms with E-state index in [2.05, 4.69) is 20.8 Å². The van der Waals surface area contributed by atoms with Crippen molar-refractivity contribution in [1.82, 2.24) is 4.90 Å². The van der Waals surface area contributed by atoms with Crippen molar-refractivity contribution in [3.05, 3.63) is 38.9 Å². The number of nitro benzene ring substituents is 1. The van der Waals surface area contributed by atoms with Crippen molar-refractivity contribution in [3.63, 3.8) is 0 Å². The number of carbonyl (C=O) groups excluding carboxylic acids is 1. The summed E-state index contributed by atoms with van der Waals surface area (Å²) in [6.07, 6.45) is 0.524. The smallest absolute Gasteiger partial charge is 0.269 e. The number of nitrogens with zero attached hydrogens (tertiary/aromatic N) is 2. The Morgan fingerprint density at radius 1 is 1.43 bits per heavy atom. The average molecular weight is 311 g/mol. The molecule has 6 heteroatoms. The lowest BCUT2D eigenvalue weighted by molar-refractivity contribution is -0.384. The first kappa shape index (κ1) is 15.8. The van der Waals surface area contributed by atoms with Gasteiger partial charge in [0.15, 0.2) is 0 Å². The molecule has 2 rings (SSSR count). The summed E-state index contributed by atoms with van der Waals surface area (Å²) in [7, 11) is 0. The van der Waals surface area contributed by atoms with Crippen LogP contribution in [0.2, 0.25) is 5.02 Å². The molecule has 0 saturated carbocycles. The minimum atomic E-state index is -0.455. The number of hydrogen-bond donors (Lipinski definition) is 0. The molecule has 0 aromatic heterocycles. The summed E-state index contributed by atoms with van der Waals surface area (Å²) in [6, 6.07) is 4.33. The molecule has 1 fully saturated rings. The summed E-state index contributed by atoms with van der Waals surface area (Å²) in [5.74, 6) is 0.375. The second kappa shape index (κ2) is 5.64. The number of non-ortho nitro benzene ring substituents is 1. The highest BCUT2D eigenvalue weighted by atomic mass is 35.5. The molecule has 0 aliphatic carbocycles. The van der Waals surface area contributed by atoms with Gasteiger partial charge < -0.3 is 4.90 Å². The van der Waals surface area contributed by atoms with Crippen LogP contribution in [0.15, 0.2) is 18.2 Å². The summed E-state index contributed by atoms with van der Waals surface area (Å²) < 4.78 is 0. The predicted molar refractivity (Wildman–Crippen MR) is 81.1 cm³/mol. The van der Waals surface area contributed by atoms with Crippen molar-refractivity contribution < 1.29 is 9.72 Å².